The average Bonchev–Trinajstić information content (AvgIpc) is 2.99. The van der Waals surface area contributed by atoms with Gasteiger partial charge < -0.3 is 9.15 Å². The molecule has 1 aliphatic heterocycles. The van der Waals surface area contributed by atoms with E-state index in [1.807, 2.05) is 30.3 Å². The molecule has 23 heavy (non-hydrogen) atoms. The second kappa shape index (κ2) is 6.71. The normalized spacial score (nSPS) is 17.3. The number of piperidine rings is 1. The van der Waals surface area contributed by atoms with Crippen LogP contribution in [0.1, 0.15) is 45.4 Å². The molecule has 124 valence electrons. The molecule has 0 unspecified atom stereocenters. The van der Waals surface area contributed by atoms with Gasteiger partial charge in [0.25, 0.3) is 0 Å². The number of nitrogens with zero attached hydrogens (tertiary/aromatic N) is 3. The van der Waals surface area contributed by atoms with Crippen LogP contribution in [-0.2, 0) is 12.0 Å². The summed E-state index contributed by atoms with van der Waals surface area (Å²) in [4.78, 5) is 2.35. The molecule has 1 aromatic heterocycles. The van der Waals surface area contributed by atoms with Gasteiger partial charge in [0.15, 0.2) is 0 Å². The zero-order valence-electron chi connectivity index (χ0n) is 14.2. The van der Waals surface area contributed by atoms with Crippen molar-refractivity contribution in [1.29, 1.82) is 0 Å². The Morgan fingerprint density at radius 1 is 1.13 bits per heavy atom. The van der Waals surface area contributed by atoms with Gasteiger partial charge in [-0.05, 0) is 25.0 Å². The summed E-state index contributed by atoms with van der Waals surface area (Å²) in [6.45, 7) is 8.95. The summed E-state index contributed by atoms with van der Waals surface area (Å²) in [6.07, 6.45) is 2.34. The Labute approximate surface area is 137 Å². The highest BCUT2D eigenvalue weighted by Gasteiger charge is 2.24. The minimum absolute atomic E-state index is 0.0955. The van der Waals surface area contributed by atoms with Crippen molar-refractivity contribution in [2.75, 3.05) is 13.1 Å². The molecular weight excluding hydrogens is 290 g/mol. The number of rotatable bonds is 4. The monoisotopic (exact) mass is 315 g/mol. The van der Waals surface area contributed by atoms with Crippen molar-refractivity contribution >= 4 is 0 Å². The van der Waals surface area contributed by atoms with Crippen LogP contribution in [0.3, 0.4) is 0 Å². The van der Waals surface area contributed by atoms with E-state index < -0.39 is 0 Å². The fourth-order valence-corrected chi connectivity index (χ4v) is 2.69. The van der Waals surface area contributed by atoms with Crippen LogP contribution >= 0.6 is 0 Å². The van der Waals surface area contributed by atoms with Crippen molar-refractivity contribution in [3.05, 3.63) is 42.1 Å². The van der Waals surface area contributed by atoms with Gasteiger partial charge in [0, 0.05) is 18.5 Å². The van der Waals surface area contributed by atoms with Crippen LogP contribution in [0, 0.1) is 0 Å². The van der Waals surface area contributed by atoms with Crippen LogP contribution in [0.4, 0.5) is 0 Å². The van der Waals surface area contributed by atoms with E-state index in [0.29, 0.717) is 17.9 Å². The lowest BCUT2D eigenvalue weighted by atomic mass is 9.97. The standard InChI is InChI=1S/C18H25N3O2/c1-18(2,3)17-20-19-16(23-17)13-21-11-9-15(10-12-21)22-14-7-5-4-6-8-14/h4-8,15H,9-13H2,1-3H3. The third-order valence-corrected chi connectivity index (χ3v) is 4.05. The van der Waals surface area contributed by atoms with Gasteiger partial charge in [-0.25, -0.2) is 0 Å². The molecule has 1 aliphatic rings. The Balaban J connectivity index is 1.48. The number of para-hydroxylation sites is 1. The van der Waals surface area contributed by atoms with Crippen molar-refractivity contribution in [3.63, 3.8) is 0 Å². The van der Waals surface area contributed by atoms with E-state index in [1.54, 1.807) is 0 Å². The van der Waals surface area contributed by atoms with Crippen LogP contribution in [0.15, 0.2) is 34.7 Å². The van der Waals surface area contributed by atoms with Crippen LogP contribution in [-0.4, -0.2) is 34.3 Å². The van der Waals surface area contributed by atoms with Gasteiger partial charge in [-0.15, -0.1) is 10.2 Å². The molecule has 0 spiro atoms. The Morgan fingerprint density at radius 2 is 1.83 bits per heavy atom. The third kappa shape index (κ3) is 4.32. The summed E-state index contributed by atoms with van der Waals surface area (Å²) in [5.41, 5.74) is -0.0955. The molecule has 0 radical (unpaired) electrons. The first-order chi connectivity index (χ1) is 11.0. The van der Waals surface area contributed by atoms with Crippen molar-refractivity contribution in [3.8, 4) is 5.75 Å². The molecule has 0 saturated carbocycles. The number of benzene rings is 1. The lowest BCUT2D eigenvalue weighted by molar-refractivity contribution is 0.0913. The molecule has 3 rings (SSSR count). The smallest absolute Gasteiger partial charge is 0.230 e. The fourth-order valence-electron chi connectivity index (χ4n) is 2.69. The number of hydrogen-bond donors (Lipinski definition) is 0. The predicted molar refractivity (Wildman–Crippen MR) is 88.4 cm³/mol. The molecule has 0 bridgehead atoms. The Morgan fingerprint density at radius 3 is 2.43 bits per heavy atom. The summed E-state index contributed by atoms with van der Waals surface area (Å²) < 4.78 is 11.8. The molecule has 2 aromatic rings. The quantitative estimate of drug-likeness (QED) is 0.865. The third-order valence-electron chi connectivity index (χ3n) is 4.05. The maximum absolute atomic E-state index is 6.02. The van der Waals surface area contributed by atoms with Crippen molar-refractivity contribution < 1.29 is 9.15 Å². The Hall–Kier alpha value is -1.88. The molecule has 1 saturated heterocycles. The Kier molecular flexibility index (Phi) is 4.66. The maximum atomic E-state index is 6.02. The van der Waals surface area contributed by atoms with Crippen molar-refractivity contribution in [2.24, 2.45) is 0 Å². The fraction of sp³-hybridized carbons (Fsp3) is 0.556. The summed E-state index contributed by atoms with van der Waals surface area (Å²) in [5, 5.41) is 8.33. The Bertz CT molecular complexity index is 611. The first-order valence-electron chi connectivity index (χ1n) is 8.27. The highest BCUT2D eigenvalue weighted by Crippen LogP contribution is 2.22. The van der Waals surface area contributed by atoms with Crippen LogP contribution in [0.2, 0.25) is 0 Å². The minimum atomic E-state index is -0.0955. The molecule has 1 aromatic carbocycles. The van der Waals surface area contributed by atoms with Crippen LogP contribution < -0.4 is 4.74 Å². The second-order valence-electron chi connectivity index (χ2n) is 7.16. The van der Waals surface area contributed by atoms with Crippen LogP contribution in [0.5, 0.6) is 5.75 Å². The van der Waals surface area contributed by atoms with Crippen LogP contribution in [0.25, 0.3) is 0 Å². The SMILES string of the molecule is CC(C)(C)c1nnc(CN2CCC(Oc3ccccc3)CC2)o1. The zero-order chi connectivity index (χ0) is 16.3. The molecule has 0 N–H and O–H groups in total. The van der Waals surface area contributed by atoms with Gasteiger partial charge in [-0.1, -0.05) is 39.0 Å². The maximum Gasteiger partial charge on any atom is 0.230 e. The summed E-state index contributed by atoms with van der Waals surface area (Å²) in [5.74, 6) is 2.37. The highest BCUT2D eigenvalue weighted by atomic mass is 16.5. The lowest BCUT2D eigenvalue weighted by Crippen LogP contribution is -2.37. The molecule has 5 heteroatoms. The van der Waals surface area contributed by atoms with Gasteiger partial charge >= 0.3 is 0 Å². The van der Waals surface area contributed by atoms with E-state index in [4.69, 9.17) is 9.15 Å². The van der Waals surface area contributed by atoms with Crippen molar-refractivity contribution in [1.82, 2.24) is 15.1 Å². The number of hydrogen-bond acceptors (Lipinski definition) is 5. The summed E-state index contributed by atoms with van der Waals surface area (Å²) in [7, 11) is 0. The summed E-state index contributed by atoms with van der Waals surface area (Å²) >= 11 is 0. The number of likely N-dealkylation sites (tertiary alicyclic amines) is 1. The van der Waals surface area contributed by atoms with E-state index in [2.05, 4.69) is 35.9 Å². The number of ether oxygens (including phenoxy) is 1. The highest BCUT2D eigenvalue weighted by molar-refractivity contribution is 5.21. The molecule has 2 heterocycles. The first kappa shape index (κ1) is 16.0. The number of aromatic nitrogens is 2. The summed E-state index contributed by atoms with van der Waals surface area (Å²) in [6, 6.07) is 10.0. The molecule has 1 fully saturated rings. The molecule has 0 amide bonds. The van der Waals surface area contributed by atoms with Gasteiger partial charge in [0.05, 0.1) is 6.54 Å². The first-order valence-corrected chi connectivity index (χ1v) is 8.27. The van der Waals surface area contributed by atoms with Gasteiger partial charge in [-0.3, -0.25) is 4.90 Å². The molecule has 0 aliphatic carbocycles. The van der Waals surface area contributed by atoms with E-state index in [1.165, 1.54) is 0 Å². The topological polar surface area (TPSA) is 51.4 Å². The van der Waals surface area contributed by atoms with Gasteiger partial charge in [0.2, 0.25) is 11.8 Å². The van der Waals surface area contributed by atoms with Crippen molar-refractivity contribution in [2.45, 2.75) is 51.7 Å². The second-order valence-corrected chi connectivity index (χ2v) is 7.16. The largest absolute Gasteiger partial charge is 0.490 e. The van der Waals surface area contributed by atoms with E-state index in [9.17, 15) is 0 Å². The van der Waals surface area contributed by atoms with Gasteiger partial charge in [0.1, 0.15) is 11.9 Å². The zero-order valence-corrected chi connectivity index (χ0v) is 14.2. The van der Waals surface area contributed by atoms with Gasteiger partial charge in [-0.2, -0.15) is 0 Å². The lowest BCUT2D eigenvalue weighted by Gasteiger charge is -2.31. The van der Waals surface area contributed by atoms with E-state index in [0.717, 1.165) is 38.2 Å². The van der Waals surface area contributed by atoms with E-state index >= 15 is 0 Å². The molecular formula is C18H25N3O2. The average molecular weight is 315 g/mol. The minimum Gasteiger partial charge on any atom is -0.490 e. The predicted octanol–water partition coefficient (Wildman–Crippen LogP) is 3.41. The molecule has 5 nitrogen and oxygen atoms in total. The van der Waals surface area contributed by atoms with E-state index in [-0.39, 0.29) is 5.41 Å². The molecule has 0 atom stereocenters.